The van der Waals surface area contributed by atoms with Crippen molar-refractivity contribution < 1.29 is 9.90 Å². The third-order valence-electron chi connectivity index (χ3n) is 3.93. The summed E-state index contributed by atoms with van der Waals surface area (Å²) in [5.41, 5.74) is 0. The quantitative estimate of drug-likeness (QED) is 0.758. The van der Waals surface area contributed by atoms with Gasteiger partial charge in [0.2, 0.25) is 0 Å². The molecule has 1 aliphatic carbocycles. The van der Waals surface area contributed by atoms with E-state index in [0.29, 0.717) is 17.9 Å². The fourth-order valence-corrected chi connectivity index (χ4v) is 2.35. The molecule has 1 aliphatic rings. The van der Waals surface area contributed by atoms with Gasteiger partial charge in [0.25, 0.3) is 0 Å². The molecule has 1 fully saturated rings. The maximum atomic E-state index is 11.1. The van der Waals surface area contributed by atoms with Crippen LogP contribution in [0.5, 0.6) is 0 Å². The third-order valence-corrected chi connectivity index (χ3v) is 3.93. The van der Waals surface area contributed by atoms with Crippen LogP contribution < -0.4 is 5.32 Å². The van der Waals surface area contributed by atoms with Gasteiger partial charge in [-0.3, -0.25) is 4.79 Å². The Kier molecular flexibility index (Phi) is 5.26. The second kappa shape index (κ2) is 6.24. The van der Waals surface area contributed by atoms with Crippen LogP contribution in [0, 0.1) is 17.8 Å². The van der Waals surface area contributed by atoms with E-state index in [1.54, 1.807) is 0 Å². The van der Waals surface area contributed by atoms with Gasteiger partial charge in [0.05, 0.1) is 5.92 Å². The van der Waals surface area contributed by atoms with E-state index >= 15 is 0 Å². The van der Waals surface area contributed by atoms with Crippen LogP contribution in [-0.2, 0) is 4.79 Å². The molecule has 16 heavy (non-hydrogen) atoms. The third kappa shape index (κ3) is 3.78. The summed E-state index contributed by atoms with van der Waals surface area (Å²) in [4.78, 5) is 11.1. The van der Waals surface area contributed by atoms with Gasteiger partial charge in [0.1, 0.15) is 0 Å². The molecule has 3 heteroatoms. The lowest BCUT2D eigenvalue weighted by atomic mass is 9.79. The first kappa shape index (κ1) is 13.5. The van der Waals surface area contributed by atoms with Crippen LogP contribution in [0.1, 0.15) is 46.5 Å². The van der Waals surface area contributed by atoms with E-state index in [2.05, 4.69) is 26.1 Å². The fraction of sp³-hybridized carbons (Fsp3) is 0.923. The lowest BCUT2D eigenvalue weighted by molar-refractivity contribution is -0.144. The summed E-state index contributed by atoms with van der Waals surface area (Å²) in [6, 6.07) is 0.469. The van der Waals surface area contributed by atoms with E-state index in [1.165, 1.54) is 6.42 Å². The number of hydrogen-bond acceptors (Lipinski definition) is 2. The van der Waals surface area contributed by atoms with E-state index in [-0.39, 0.29) is 5.92 Å². The average Bonchev–Trinajstić information content (AvgIpc) is 2.25. The lowest BCUT2D eigenvalue weighted by Gasteiger charge is -2.30. The molecule has 0 aromatic carbocycles. The maximum absolute atomic E-state index is 11.1. The number of aliphatic carboxylic acids is 1. The molecule has 0 amide bonds. The predicted molar refractivity (Wildman–Crippen MR) is 65.4 cm³/mol. The molecule has 94 valence electrons. The molecule has 0 spiro atoms. The minimum absolute atomic E-state index is 0.124. The van der Waals surface area contributed by atoms with Crippen LogP contribution in [0.3, 0.4) is 0 Å². The van der Waals surface area contributed by atoms with Crippen molar-refractivity contribution >= 4 is 5.97 Å². The first-order valence-corrected chi connectivity index (χ1v) is 6.48. The zero-order chi connectivity index (χ0) is 12.1. The summed E-state index contributed by atoms with van der Waals surface area (Å²) in [6.07, 6.45) is 4.19. The smallest absolute Gasteiger partial charge is 0.306 e. The summed E-state index contributed by atoms with van der Waals surface area (Å²) in [5, 5.41) is 12.6. The highest BCUT2D eigenvalue weighted by molar-refractivity contribution is 5.70. The van der Waals surface area contributed by atoms with Crippen molar-refractivity contribution in [2.75, 3.05) is 6.54 Å². The highest BCUT2D eigenvalue weighted by Crippen LogP contribution is 2.29. The zero-order valence-electron chi connectivity index (χ0n) is 10.7. The van der Waals surface area contributed by atoms with Crippen LogP contribution in [0.25, 0.3) is 0 Å². The molecule has 0 aromatic rings. The van der Waals surface area contributed by atoms with E-state index in [9.17, 15) is 4.79 Å². The number of rotatable bonds is 5. The van der Waals surface area contributed by atoms with Gasteiger partial charge in [-0.15, -0.1) is 0 Å². The Morgan fingerprint density at radius 1 is 1.31 bits per heavy atom. The van der Waals surface area contributed by atoms with Crippen LogP contribution in [0.2, 0.25) is 0 Å². The highest BCUT2D eigenvalue weighted by Gasteiger charge is 2.30. The van der Waals surface area contributed by atoms with Crippen molar-refractivity contribution in [1.29, 1.82) is 0 Å². The molecule has 0 saturated heterocycles. The molecule has 0 heterocycles. The van der Waals surface area contributed by atoms with Gasteiger partial charge in [-0.05, 0) is 38.1 Å². The van der Waals surface area contributed by atoms with Crippen molar-refractivity contribution in [1.82, 2.24) is 5.32 Å². The molecule has 1 rings (SSSR count). The van der Waals surface area contributed by atoms with E-state index in [1.807, 2.05) is 0 Å². The van der Waals surface area contributed by atoms with Crippen molar-refractivity contribution in [3.8, 4) is 0 Å². The van der Waals surface area contributed by atoms with Crippen LogP contribution in [0.15, 0.2) is 0 Å². The normalized spacial score (nSPS) is 28.0. The van der Waals surface area contributed by atoms with E-state index in [0.717, 1.165) is 25.8 Å². The second-order valence-corrected chi connectivity index (χ2v) is 5.43. The largest absolute Gasteiger partial charge is 0.481 e. The van der Waals surface area contributed by atoms with Crippen molar-refractivity contribution in [2.45, 2.75) is 52.5 Å². The summed E-state index contributed by atoms with van der Waals surface area (Å²) >= 11 is 0. The zero-order valence-corrected chi connectivity index (χ0v) is 10.7. The fourth-order valence-electron chi connectivity index (χ4n) is 2.35. The molecule has 0 aromatic heterocycles. The van der Waals surface area contributed by atoms with Gasteiger partial charge in [-0.1, -0.05) is 26.7 Å². The Balaban J connectivity index is 2.41. The molecule has 0 aliphatic heterocycles. The molecule has 0 bridgehead atoms. The van der Waals surface area contributed by atoms with Gasteiger partial charge in [-0.25, -0.2) is 0 Å². The van der Waals surface area contributed by atoms with Crippen LogP contribution >= 0.6 is 0 Å². The Bertz CT molecular complexity index is 228. The summed E-state index contributed by atoms with van der Waals surface area (Å²) in [5.74, 6) is 0.198. The predicted octanol–water partition coefficient (Wildman–Crippen LogP) is 2.51. The molecule has 3 nitrogen and oxygen atoms in total. The summed E-state index contributed by atoms with van der Waals surface area (Å²) < 4.78 is 0. The Labute approximate surface area is 98.6 Å². The molecule has 1 saturated carbocycles. The number of carbonyl (C=O) groups is 1. The Morgan fingerprint density at radius 3 is 2.50 bits per heavy atom. The number of carboxylic acids is 1. The molecule has 0 radical (unpaired) electrons. The minimum atomic E-state index is -0.608. The van der Waals surface area contributed by atoms with Crippen LogP contribution in [0.4, 0.5) is 0 Å². The lowest BCUT2D eigenvalue weighted by Crippen LogP contribution is -2.39. The SMILES string of the molecule is CC(C)C(C)NCC1CCCCC1C(=O)O. The van der Waals surface area contributed by atoms with Gasteiger partial charge < -0.3 is 10.4 Å². The maximum Gasteiger partial charge on any atom is 0.306 e. The summed E-state index contributed by atoms with van der Waals surface area (Å²) in [6.45, 7) is 7.40. The van der Waals surface area contributed by atoms with Gasteiger partial charge >= 0.3 is 5.97 Å². The second-order valence-electron chi connectivity index (χ2n) is 5.43. The van der Waals surface area contributed by atoms with Crippen LogP contribution in [-0.4, -0.2) is 23.7 Å². The first-order chi connectivity index (χ1) is 7.52. The van der Waals surface area contributed by atoms with Crippen molar-refractivity contribution in [3.63, 3.8) is 0 Å². The minimum Gasteiger partial charge on any atom is -0.481 e. The van der Waals surface area contributed by atoms with Gasteiger partial charge in [0.15, 0.2) is 0 Å². The van der Waals surface area contributed by atoms with Gasteiger partial charge in [0, 0.05) is 6.04 Å². The average molecular weight is 227 g/mol. The monoisotopic (exact) mass is 227 g/mol. The Morgan fingerprint density at radius 2 is 1.94 bits per heavy atom. The van der Waals surface area contributed by atoms with E-state index < -0.39 is 5.97 Å². The number of nitrogens with one attached hydrogen (secondary N) is 1. The van der Waals surface area contributed by atoms with Crippen molar-refractivity contribution in [2.24, 2.45) is 17.8 Å². The highest BCUT2D eigenvalue weighted by atomic mass is 16.4. The topological polar surface area (TPSA) is 49.3 Å². The molecule has 3 atom stereocenters. The molecular weight excluding hydrogens is 202 g/mol. The van der Waals surface area contributed by atoms with Gasteiger partial charge in [-0.2, -0.15) is 0 Å². The standard InChI is InChI=1S/C13H25NO2/c1-9(2)10(3)14-8-11-6-4-5-7-12(11)13(15)16/h9-12,14H,4-8H2,1-3H3,(H,15,16). The molecular formula is C13H25NO2. The van der Waals surface area contributed by atoms with E-state index in [4.69, 9.17) is 5.11 Å². The molecule has 3 unspecified atom stereocenters. The first-order valence-electron chi connectivity index (χ1n) is 6.48. The summed E-state index contributed by atoms with van der Waals surface area (Å²) in [7, 11) is 0. The Hall–Kier alpha value is -0.570. The number of hydrogen-bond donors (Lipinski definition) is 2. The van der Waals surface area contributed by atoms with Crippen molar-refractivity contribution in [3.05, 3.63) is 0 Å². The molecule has 2 N–H and O–H groups in total. The number of carboxylic acid groups (broad SMARTS) is 1.